The summed E-state index contributed by atoms with van der Waals surface area (Å²) in [6, 6.07) is 11.6. The van der Waals surface area contributed by atoms with Gasteiger partial charge in [0.15, 0.2) is 0 Å². The topological polar surface area (TPSA) is 97.1 Å². The number of rotatable bonds is 7. The van der Waals surface area contributed by atoms with E-state index >= 15 is 0 Å². The van der Waals surface area contributed by atoms with Crippen LogP contribution in [0, 0.1) is 7.14 Å². The molecule has 0 atom stereocenters. The van der Waals surface area contributed by atoms with Crippen LogP contribution in [0.1, 0.15) is 43.7 Å². The molecule has 1 amide bonds. The minimum Gasteiger partial charge on any atom is -0.871 e. The van der Waals surface area contributed by atoms with Crippen LogP contribution in [0.4, 0.5) is 0 Å². The number of benzene rings is 2. The molecule has 2 N–H and O–H groups in total. The standard InChI is InChI=1S/C23H22ClI2N5O2S/c24-16-8-6-14(7-9-16)22-29-30-23(31(22)18-4-2-1-3-5-18)34-13-20(32)28-27-12-15-10-17(25)11-19(26)21(15)33/h6-12,18H,1-5,13H2,(H2,27,28,32,33). The summed E-state index contributed by atoms with van der Waals surface area (Å²) in [6.07, 6.45) is 7.17. The third kappa shape index (κ3) is 6.43. The van der Waals surface area contributed by atoms with Gasteiger partial charge in [-0.1, -0.05) is 23.8 Å². The van der Waals surface area contributed by atoms with E-state index in [-0.39, 0.29) is 17.4 Å². The first-order chi connectivity index (χ1) is 16.4. The largest absolute Gasteiger partial charge is 0.871 e. The van der Waals surface area contributed by atoms with E-state index in [1.807, 2.05) is 46.9 Å². The molecular formula is C23H22ClI2N5O2S. The van der Waals surface area contributed by atoms with Crippen molar-refractivity contribution in [3.8, 4) is 17.1 Å². The number of nitrogens with one attached hydrogen (secondary N) is 2. The van der Waals surface area contributed by atoms with Crippen molar-refractivity contribution >= 4 is 80.7 Å². The molecule has 1 saturated carbocycles. The van der Waals surface area contributed by atoms with Crippen LogP contribution in [0.25, 0.3) is 11.4 Å². The molecule has 0 saturated heterocycles. The Morgan fingerprint density at radius 2 is 2.00 bits per heavy atom. The maximum Gasteiger partial charge on any atom is 0.337 e. The number of nitrogens with zero attached hydrogens (tertiary/aromatic N) is 3. The fraction of sp³-hybridized carbons (Fsp3) is 0.304. The first-order valence-electron chi connectivity index (χ1n) is 10.8. The molecule has 34 heavy (non-hydrogen) atoms. The van der Waals surface area contributed by atoms with Gasteiger partial charge in [0.1, 0.15) is 0 Å². The smallest absolute Gasteiger partial charge is 0.337 e. The molecule has 0 radical (unpaired) electrons. The second kappa shape index (κ2) is 12.0. The molecule has 3 aromatic rings. The number of hydrogen-bond donors (Lipinski definition) is 2. The van der Waals surface area contributed by atoms with Crippen molar-refractivity contribution in [1.29, 1.82) is 0 Å². The summed E-state index contributed by atoms with van der Waals surface area (Å²) in [5.74, 6) is 0.706. The zero-order valence-electron chi connectivity index (χ0n) is 18.1. The first kappa shape index (κ1) is 25.7. The molecule has 1 fully saturated rings. The molecule has 1 heterocycles. The number of aromatic nitrogens is 3. The van der Waals surface area contributed by atoms with Gasteiger partial charge in [0.2, 0.25) is 0 Å². The molecule has 0 spiro atoms. The lowest BCUT2D eigenvalue weighted by Gasteiger charge is -2.21. The Morgan fingerprint density at radius 1 is 1.26 bits per heavy atom. The Kier molecular flexibility index (Phi) is 9.10. The zero-order chi connectivity index (χ0) is 24.1. The van der Waals surface area contributed by atoms with E-state index in [1.54, 1.807) is 12.1 Å². The number of carbonyl (C=O) groups excluding carboxylic acids is 1. The lowest BCUT2D eigenvalue weighted by molar-refractivity contribution is -0.749. The van der Waals surface area contributed by atoms with Crippen molar-refractivity contribution in [2.24, 2.45) is 5.10 Å². The van der Waals surface area contributed by atoms with E-state index in [4.69, 9.17) is 11.6 Å². The van der Waals surface area contributed by atoms with Crippen molar-refractivity contribution < 1.29 is 14.5 Å². The molecule has 0 aliphatic heterocycles. The Bertz CT molecular complexity index is 1200. The molecule has 1 aliphatic rings. The van der Waals surface area contributed by atoms with E-state index in [2.05, 4.69) is 47.9 Å². The maximum absolute atomic E-state index is 12.4. The zero-order valence-corrected chi connectivity index (χ0v) is 23.9. The van der Waals surface area contributed by atoms with Gasteiger partial charge in [0, 0.05) is 12.2 Å². The van der Waals surface area contributed by atoms with Gasteiger partial charge in [-0.25, -0.2) is 9.99 Å². The van der Waals surface area contributed by atoms with Gasteiger partial charge in [-0.2, -0.15) is 5.10 Å². The number of H-pyrrole nitrogens is 1. The minimum absolute atomic E-state index is 0.104. The highest BCUT2D eigenvalue weighted by atomic mass is 127. The summed E-state index contributed by atoms with van der Waals surface area (Å²) in [7, 11) is 0. The predicted octanol–water partition coefficient (Wildman–Crippen LogP) is 5.05. The van der Waals surface area contributed by atoms with Gasteiger partial charge in [0.05, 0.1) is 28.7 Å². The molecule has 7 nitrogen and oxygen atoms in total. The van der Waals surface area contributed by atoms with Crippen molar-refractivity contribution in [1.82, 2.24) is 15.6 Å². The number of hydrogen-bond acceptors (Lipinski definition) is 5. The monoisotopic (exact) mass is 721 g/mol. The van der Waals surface area contributed by atoms with Gasteiger partial charge in [-0.15, -0.1) is 5.10 Å². The van der Waals surface area contributed by atoms with Crippen LogP contribution in [-0.4, -0.2) is 28.1 Å². The SMILES string of the molecule is O=C(CSc1n[nH]c(-c2ccc(Cl)cc2)[n+]1C1CCCCC1)NN=Cc1cc(I)cc(I)c1[O-]. The van der Waals surface area contributed by atoms with Crippen LogP contribution >= 0.6 is 68.5 Å². The van der Waals surface area contributed by atoms with Gasteiger partial charge < -0.3 is 5.11 Å². The fourth-order valence-electron chi connectivity index (χ4n) is 3.91. The van der Waals surface area contributed by atoms with E-state index < -0.39 is 0 Å². The van der Waals surface area contributed by atoms with Gasteiger partial charge in [-0.05, 0) is 125 Å². The average Bonchev–Trinajstić information content (AvgIpc) is 3.25. The number of halogens is 3. The predicted molar refractivity (Wildman–Crippen MR) is 149 cm³/mol. The van der Waals surface area contributed by atoms with Gasteiger partial charge in [-0.3, -0.25) is 4.79 Å². The Hall–Kier alpha value is -1.38. The van der Waals surface area contributed by atoms with Crippen LogP contribution in [0.5, 0.6) is 5.75 Å². The summed E-state index contributed by atoms with van der Waals surface area (Å²) in [5.41, 5.74) is 3.96. The van der Waals surface area contributed by atoms with Crippen LogP contribution in [0.2, 0.25) is 5.02 Å². The average molecular weight is 722 g/mol. The molecular weight excluding hydrogens is 700 g/mol. The Balaban J connectivity index is 1.46. The lowest BCUT2D eigenvalue weighted by Crippen LogP contribution is -2.43. The number of carbonyl (C=O) groups is 1. The first-order valence-corrected chi connectivity index (χ1v) is 14.3. The highest BCUT2D eigenvalue weighted by Gasteiger charge is 2.30. The van der Waals surface area contributed by atoms with Crippen molar-refractivity contribution in [3.63, 3.8) is 0 Å². The van der Waals surface area contributed by atoms with Gasteiger partial charge in [0.25, 0.3) is 11.7 Å². The third-order valence-electron chi connectivity index (χ3n) is 5.52. The Morgan fingerprint density at radius 3 is 2.74 bits per heavy atom. The quantitative estimate of drug-likeness (QED) is 0.118. The molecule has 1 aromatic heterocycles. The van der Waals surface area contributed by atoms with E-state index in [0.29, 0.717) is 20.2 Å². The van der Waals surface area contributed by atoms with Crippen LogP contribution < -0.4 is 15.1 Å². The number of amides is 1. The minimum atomic E-state index is -0.264. The van der Waals surface area contributed by atoms with Gasteiger partial charge >= 0.3 is 5.16 Å². The number of thioether (sulfide) groups is 1. The van der Waals surface area contributed by atoms with E-state index in [9.17, 15) is 9.90 Å². The number of hydrazone groups is 1. The molecule has 11 heteroatoms. The van der Waals surface area contributed by atoms with E-state index in [0.717, 1.165) is 33.0 Å². The molecule has 2 aromatic carbocycles. The van der Waals surface area contributed by atoms with Crippen molar-refractivity contribution in [2.75, 3.05) is 5.75 Å². The summed E-state index contributed by atoms with van der Waals surface area (Å²) >= 11 is 11.6. The Labute approximate surface area is 234 Å². The lowest BCUT2D eigenvalue weighted by atomic mass is 9.95. The normalized spacial score (nSPS) is 14.6. The van der Waals surface area contributed by atoms with Crippen molar-refractivity contribution in [3.05, 3.63) is 54.1 Å². The summed E-state index contributed by atoms with van der Waals surface area (Å²) < 4.78 is 3.78. The summed E-state index contributed by atoms with van der Waals surface area (Å²) in [6.45, 7) is 0. The summed E-state index contributed by atoms with van der Waals surface area (Å²) in [5, 5.41) is 25.3. The second-order valence-corrected chi connectivity index (χ2v) is 11.7. The summed E-state index contributed by atoms with van der Waals surface area (Å²) in [4.78, 5) is 12.4. The molecule has 4 rings (SSSR count). The molecule has 0 bridgehead atoms. The molecule has 178 valence electrons. The van der Waals surface area contributed by atoms with Crippen LogP contribution in [-0.2, 0) is 4.79 Å². The van der Waals surface area contributed by atoms with E-state index in [1.165, 1.54) is 37.2 Å². The second-order valence-electron chi connectivity index (χ2n) is 7.91. The third-order valence-corrected chi connectivity index (χ3v) is 8.15. The molecule has 0 unspecified atom stereocenters. The van der Waals surface area contributed by atoms with Crippen molar-refractivity contribution in [2.45, 2.75) is 43.3 Å². The number of aromatic amines is 1. The molecule has 1 aliphatic carbocycles. The van der Waals surface area contributed by atoms with Crippen LogP contribution in [0.3, 0.4) is 0 Å². The van der Waals surface area contributed by atoms with Crippen LogP contribution in [0.15, 0.2) is 46.7 Å². The highest BCUT2D eigenvalue weighted by Crippen LogP contribution is 2.29. The maximum atomic E-state index is 12.4. The highest BCUT2D eigenvalue weighted by molar-refractivity contribution is 14.1. The fourth-order valence-corrected chi connectivity index (χ4v) is 6.74.